The van der Waals surface area contributed by atoms with Gasteiger partial charge in [-0.1, -0.05) is 22.9 Å². The van der Waals surface area contributed by atoms with Gasteiger partial charge in [0.2, 0.25) is 30.6 Å². The molecule has 10 heteroatoms. The van der Waals surface area contributed by atoms with Crippen LogP contribution in [0.1, 0.15) is 6.92 Å². The van der Waals surface area contributed by atoms with Crippen molar-refractivity contribution in [3.05, 3.63) is 58.8 Å². The molecule has 0 spiro atoms. The van der Waals surface area contributed by atoms with Gasteiger partial charge < -0.3 is 4.42 Å². The lowest BCUT2D eigenvalue weighted by atomic mass is 10.2. The van der Waals surface area contributed by atoms with Gasteiger partial charge in [0.25, 0.3) is 5.09 Å². The Hall–Kier alpha value is -2.04. The maximum atomic E-state index is 13.1. The highest BCUT2D eigenvalue weighted by Gasteiger charge is 2.34. The molecule has 1 aromatic heterocycles. The first-order chi connectivity index (χ1) is 12.6. The van der Waals surface area contributed by atoms with Gasteiger partial charge in [0.1, 0.15) is 5.82 Å². The normalized spacial score (nSPS) is 12.3. The lowest BCUT2D eigenvalue weighted by Gasteiger charge is -2.03. The van der Waals surface area contributed by atoms with E-state index >= 15 is 0 Å². The molecule has 2 aromatic carbocycles. The standard InChI is InChI=1S/C17H13BrFNO5S2/c1-2-26(21,22)17-16(27(23,24)14-9-5-12(18)6-10-14)20-15(25-17)11-3-7-13(19)8-4-11/h3-10H,2H2,1H3. The molecule has 6 nitrogen and oxygen atoms in total. The summed E-state index contributed by atoms with van der Waals surface area (Å²) < 4.78 is 69.8. The third kappa shape index (κ3) is 3.83. The number of sulfone groups is 2. The minimum absolute atomic E-state index is 0.128. The van der Waals surface area contributed by atoms with E-state index in [1.54, 1.807) is 0 Å². The van der Waals surface area contributed by atoms with Crippen LogP contribution in [0.15, 0.2) is 72.4 Å². The van der Waals surface area contributed by atoms with Crippen molar-refractivity contribution in [3.63, 3.8) is 0 Å². The molecule has 0 radical (unpaired) electrons. The molecule has 0 saturated heterocycles. The van der Waals surface area contributed by atoms with E-state index in [0.717, 1.165) is 12.1 Å². The fourth-order valence-electron chi connectivity index (χ4n) is 2.23. The molecule has 27 heavy (non-hydrogen) atoms. The second kappa shape index (κ2) is 7.17. The summed E-state index contributed by atoms with van der Waals surface area (Å²) in [4.78, 5) is 3.80. The summed E-state index contributed by atoms with van der Waals surface area (Å²) in [5.41, 5.74) is 0.251. The molecule has 0 saturated carbocycles. The quantitative estimate of drug-likeness (QED) is 0.558. The monoisotopic (exact) mass is 473 g/mol. The number of halogens is 2. The van der Waals surface area contributed by atoms with Crippen molar-refractivity contribution >= 4 is 35.6 Å². The van der Waals surface area contributed by atoms with E-state index in [1.807, 2.05) is 0 Å². The first kappa shape index (κ1) is 19.7. The van der Waals surface area contributed by atoms with Crippen molar-refractivity contribution in [1.29, 1.82) is 0 Å². The first-order valence-corrected chi connectivity index (χ1v) is 11.6. The van der Waals surface area contributed by atoms with Crippen LogP contribution >= 0.6 is 15.9 Å². The molecule has 3 aromatic rings. The SMILES string of the molecule is CCS(=O)(=O)c1oc(-c2ccc(F)cc2)nc1S(=O)(=O)c1ccc(Br)cc1. The number of aromatic nitrogens is 1. The zero-order valence-electron chi connectivity index (χ0n) is 13.9. The van der Waals surface area contributed by atoms with Crippen LogP contribution in [-0.2, 0) is 19.7 Å². The van der Waals surface area contributed by atoms with E-state index in [-0.39, 0.29) is 22.1 Å². The van der Waals surface area contributed by atoms with Crippen molar-refractivity contribution in [2.24, 2.45) is 0 Å². The average molecular weight is 474 g/mol. The topological polar surface area (TPSA) is 94.3 Å². The van der Waals surface area contributed by atoms with Gasteiger partial charge >= 0.3 is 0 Å². The number of oxazole rings is 1. The molecule has 142 valence electrons. The number of benzene rings is 2. The minimum atomic E-state index is -4.25. The Balaban J connectivity index is 2.24. The largest absolute Gasteiger partial charge is 0.423 e. The number of nitrogens with zero attached hydrogens (tertiary/aromatic N) is 1. The van der Waals surface area contributed by atoms with E-state index in [0.29, 0.717) is 4.47 Å². The molecular formula is C17H13BrFNO5S2. The Labute approximate surface area is 164 Å². The number of hydrogen-bond donors (Lipinski definition) is 0. The van der Waals surface area contributed by atoms with Crippen LogP contribution in [0.2, 0.25) is 0 Å². The molecule has 0 atom stereocenters. The van der Waals surface area contributed by atoms with Crippen LogP contribution in [-0.4, -0.2) is 27.6 Å². The van der Waals surface area contributed by atoms with Crippen LogP contribution < -0.4 is 0 Å². The van der Waals surface area contributed by atoms with Gasteiger partial charge in [0, 0.05) is 10.0 Å². The summed E-state index contributed by atoms with van der Waals surface area (Å²) in [6.45, 7) is 1.37. The highest BCUT2D eigenvalue weighted by atomic mass is 79.9. The van der Waals surface area contributed by atoms with E-state index in [9.17, 15) is 21.2 Å². The van der Waals surface area contributed by atoms with Crippen molar-refractivity contribution < 1.29 is 25.6 Å². The summed E-state index contributed by atoms with van der Waals surface area (Å²) in [6, 6.07) is 10.6. The van der Waals surface area contributed by atoms with Crippen molar-refractivity contribution in [2.45, 2.75) is 21.9 Å². The minimum Gasteiger partial charge on any atom is -0.423 e. The van der Waals surface area contributed by atoms with Crippen LogP contribution in [0.5, 0.6) is 0 Å². The Morgan fingerprint density at radius 1 is 1.00 bits per heavy atom. The highest BCUT2D eigenvalue weighted by molar-refractivity contribution is 9.10. The third-order valence-corrected chi connectivity index (χ3v) is 7.64. The molecule has 0 fully saturated rings. The molecule has 3 rings (SSSR count). The van der Waals surface area contributed by atoms with Crippen molar-refractivity contribution in [3.8, 4) is 11.5 Å². The van der Waals surface area contributed by atoms with Crippen LogP contribution in [0, 0.1) is 5.82 Å². The molecule has 0 aliphatic rings. The Kier molecular flexibility index (Phi) is 5.24. The van der Waals surface area contributed by atoms with Gasteiger partial charge in [-0.05, 0) is 48.5 Å². The molecule has 1 heterocycles. The second-order valence-corrected chi connectivity index (χ2v) is 10.4. The zero-order chi connectivity index (χ0) is 19.8. The van der Waals surface area contributed by atoms with E-state index in [2.05, 4.69) is 20.9 Å². The Morgan fingerprint density at radius 2 is 1.59 bits per heavy atom. The van der Waals surface area contributed by atoms with E-state index in [1.165, 1.54) is 43.3 Å². The Morgan fingerprint density at radius 3 is 2.15 bits per heavy atom. The van der Waals surface area contributed by atoms with Crippen LogP contribution in [0.4, 0.5) is 4.39 Å². The van der Waals surface area contributed by atoms with Gasteiger partial charge in [0.05, 0.1) is 10.6 Å². The van der Waals surface area contributed by atoms with Crippen molar-refractivity contribution in [1.82, 2.24) is 4.98 Å². The van der Waals surface area contributed by atoms with Gasteiger partial charge in [-0.25, -0.2) is 21.2 Å². The number of rotatable bonds is 5. The molecule has 0 N–H and O–H groups in total. The molecule has 0 unspecified atom stereocenters. The average Bonchev–Trinajstić information content (AvgIpc) is 3.10. The smallest absolute Gasteiger partial charge is 0.258 e. The Bertz CT molecular complexity index is 1190. The van der Waals surface area contributed by atoms with E-state index < -0.39 is 35.6 Å². The van der Waals surface area contributed by atoms with Crippen LogP contribution in [0.25, 0.3) is 11.5 Å². The molecule has 0 bridgehead atoms. The van der Waals surface area contributed by atoms with Gasteiger partial charge in [0.15, 0.2) is 0 Å². The highest BCUT2D eigenvalue weighted by Crippen LogP contribution is 2.32. The zero-order valence-corrected chi connectivity index (χ0v) is 17.1. The summed E-state index contributed by atoms with van der Waals surface area (Å²) in [5, 5.41) is -1.42. The fraction of sp³-hybridized carbons (Fsp3) is 0.118. The second-order valence-electron chi connectivity index (χ2n) is 5.48. The summed E-state index contributed by atoms with van der Waals surface area (Å²) >= 11 is 3.21. The fourth-order valence-corrected chi connectivity index (χ4v) is 5.17. The van der Waals surface area contributed by atoms with Gasteiger partial charge in [-0.3, -0.25) is 0 Å². The predicted molar refractivity (Wildman–Crippen MR) is 99.2 cm³/mol. The molecule has 0 amide bonds. The summed E-state index contributed by atoms with van der Waals surface area (Å²) in [6.07, 6.45) is 0. The van der Waals surface area contributed by atoms with Gasteiger partial charge in [-0.15, -0.1) is 0 Å². The third-order valence-electron chi connectivity index (χ3n) is 3.70. The maximum absolute atomic E-state index is 13.1. The summed E-state index contributed by atoms with van der Waals surface area (Å²) in [5.74, 6) is -1.10. The summed E-state index contributed by atoms with van der Waals surface area (Å²) in [7, 11) is -8.27. The predicted octanol–water partition coefficient (Wildman–Crippen LogP) is 3.87. The lowest BCUT2D eigenvalue weighted by Crippen LogP contribution is -2.10. The van der Waals surface area contributed by atoms with Gasteiger partial charge in [-0.2, -0.15) is 4.98 Å². The number of hydrogen-bond acceptors (Lipinski definition) is 6. The lowest BCUT2D eigenvalue weighted by molar-refractivity contribution is 0.445. The maximum Gasteiger partial charge on any atom is 0.258 e. The molecule has 0 aliphatic heterocycles. The molecule has 0 aliphatic carbocycles. The first-order valence-electron chi connectivity index (χ1n) is 7.65. The van der Waals surface area contributed by atoms with Crippen LogP contribution in [0.3, 0.4) is 0 Å². The molecular weight excluding hydrogens is 461 g/mol. The van der Waals surface area contributed by atoms with Crippen molar-refractivity contribution in [2.75, 3.05) is 5.75 Å². The van der Waals surface area contributed by atoms with E-state index in [4.69, 9.17) is 4.42 Å².